The summed E-state index contributed by atoms with van der Waals surface area (Å²) in [7, 11) is 2.91. The van der Waals surface area contributed by atoms with Crippen LogP contribution in [0.15, 0.2) is 18.2 Å². The van der Waals surface area contributed by atoms with Crippen LogP contribution in [0.3, 0.4) is 0 Å². The summed E-state index contributed by atoms with van der Waals surface area (Å²) in [6.07, 6.45) is 2.29. The molecule has 1 aliphatic carbocycles. The lowest BCUT2D eigenvalue weighted by Crippen LogP contribution is -2.18. The molecule has 0 radical (unpaired) electrons. The Morgan fingerprint density at radius 1 is 1.38 bits per heavy atom. The zero-order valence-corrected chi connectivity index (χ0v) is 11.4. The molecule has 0 amide bonds. The molecule has 1 aromatic rings. The van der Waals surface area contributed by atoms with E-state index < -0.39 is 0 Å². The molecule has 16 heavy (non-hydrogen) atoms. The first-order valence-electron chi connectivity index (χ1n) is 5.99. The Morgan fingerprint density at radius 2 is 2.06 bits per heavy atom. The van der Waals surface area contributed by atoms with Gasteiger partial charge in [-0.15, -0.1) is 9.24 Å². The van der Waals surface area contributed by atoms with Crippen molar-refractivity contribution in [3.8, 4) is 5.75 Å². The molecule has 1 aromatic carbocycles. The quantitative estimate of drug-likeness (QED) is 0.626. The molecule has 2 aliphatic rings. The highest BCUT2D eigenvalue weighted by Gasteiger charge is 2.58. The molecule has 1 spiro atoms. The van der Waals surface area contributed by atoms with E-state index in [2.05, 4.69) is 48.2 Å². The van der Waals surface area contributed by atoms with Gasteiger partial charge in [0.2, 0.25) is 0 Å². The highest BCUT2D eigenvalue weighted by molar-refractivity contribution is 7.18. The topological polar surface area (TPSA) is 9.23 Å². The van der Waals surface area contributed by atoms with Crippen LogP contribution in [-0.2, 0) is 11.8 Å². The van der Waals surface area contributed by atoms with E-state index in [1.54, 1.807) is 0 Å². The van der Waals surface area contributed by atoms with E-state index in [0.29, 0.717) is 5.66 Å². The summed E-state index contributed by atoms with van der Waals surface area (Å²) < 4.78 is 6.13. The van der Waals surface area contributed by atoms with Gasteiger partial charge in [0.15, 0.2) is 0 Å². The van der Waals surface area contributed by atoms with Crippen LogP contribution in [-0.4, -0.2) is 11.3 Å². The summed E-state index contributed by atoms with van der Waals surface area (Å²) in [5.74, 6) is 1.12. The summed E-state index contributed by atoms with van der Waals surface area (Å²) in [6, 6.07) is 6.50. The standard InChI is InChI=1S/C14H19OP/c1-13(2,3)10-5-4-6-11-9(10)7-14(15-11)8-12(14)16/h4-6,12H,7-8,16H2,1-3H3. The van der Waals surface area contributed by atoms with Crippen molar-refractivity contribution in [3.63, 3.8) is 0 Å². The normalized spacial score (nSPS) is 31.4. The first-order valence-corrected chi connectivity index (χ1v) is 6.66. The van der Waals surface area contributed by atoms with E-state index in [0.717, 1.165) is 12.2 Å². The van der Waals surface area contributed by atoms with E-state index >= 15 is 0 Å². The van der Waals surface area contributed by atoms with Gasteiger partial charge in [0.1, 0.15) is 11.4 Å². The minimum atomic E-state index is 0.133. The third kappa shape index (κ3) is 1.41. The van der Waals surface area contributed by atoms with E-state index in [1.165, 1.54) is 17.5 Å². The fourth-order valence-electron chi connectivity index (χ4n) is 2.73. The van der Waals surface area contributed by atoms with E-state index in [-0.39, 0.29) is 11.0 Å². The zero-order valence-electron chi connectivity index (χ0n) is 10.2. The average Bonchev–Trinajstić information content (AvgIpc) is 2.65. The molecule has 1 aliphatic heterocycles. The van der Waals surface area contributed by atoms with Gasteiger partial charge in [0.05, 0.1) is 0 Å². The van der Waals surface area contributed by atoms with Gasteiger partial charge in [-0.2, -0.15) is 0 Å². The maximum atomic E-state index is 6.13. The zero-order chi connectivity index (χ0) is 11.6. The van der Waals surface area contributed by atoms with Crippen molar-refractivity contribution >= 4 is 9.24 Å². The molecule has 3 rings (SSSR count). The predicted octanol–water partition coefficient (Wildman–Crippen LogP) is 3.31. The van der Waals surface area contributed by atoms with Crippen LogP contribution in [0, 0.1) is 0 Å². The van der Waals surface area contributed by atoms with E-state index in [4.69, 9.17) is 4.74 Å². The van der Waals surface area contributed by atoms with Crippen LogP contribution in [0.5, 0.6) is 5.75 Å². The van der Waals surface area contributed by atoms with Crippen molar-refractivity contribution < 1.29 is 4.74 Å². The lowest BCUT2D eigenvalue weighted by molar-refractivity contribution is 0.213. The minimum Gasteiger partial charge on any atom is -0.486 e. The molecule has 1 heterocycles. The Balaban J connectivity index is 2.05. The molecule has 0 N–H and O–H groups in total. The number of fused-ring (bicyclic) bond motifs is 1. The second-order valence-electron chi connectivity index (χ2n) is 6.19. The fraction of sp³-hybridized carbons (Fsp3) is 0.571. The number of hydrogen-bond donors (Lipinski definition) is 0. The Hall–Kier alpha value is -0.550. The summed E-state index contributed by atoms with van der Waals surface area (Å²) in [6.45, 7) is 6.83. The van der Waals surface area contributed by atoms with Crippen LogP contribution >= 0.6 is 9.24 Å². The van der Waals surface area contributed by atoms with E-state index in [9.17, 15) is 0 Å². The van der Waals surface area contributed by atoms with Crippen molar-refractivity contribution in [1.29, 1.82) is 0 Å². The Kier molecular flexibility index (Phi) is 2.00. The molecular formula is C14H19OP. The number of hydrogen-bond acceptors (Lipinski definition) is 1. The average molecular weight is 234 g/mol. The number of rotatable bonds is 0. The third-order valence-corrected chi connectivity index (χ3v) is 4.65. The Morgan fingerprint density at radius 3 is 2.62 bits per heavy atom. The molecule has 1 saturated carbocycles. The van der Waals surface area contributed by atoms with Gasteiger partial charge < -0.3 is 4.74 Å². The van der Waals surface area contributed by atoms with Gasteiger partial charge >= 0.3 is 0 Å². The van der Waals surface area contributed by atoms with Gasteiger partial charge in [-0.1, -0.05) is 32.9 Å². The highest BCUT2D eigenvalue weighted by Crippen LogP contribution is 2.55. The van der Waals surface area contributed by atoms with Crippen molar-refractivity contribution in [3.05, 3.63) is 29.3 Å². The third-order valence-electron chi connectivity index (χ3n) is 3.81. The van der Waals surface area contributed by atoms with Gasteiger partial charge in [0.25, 0.3) is 0 Å². The summed E-state index contributed by atoms with van der Waals surface area (Å²) in [5, 5.41) is 0. The van der Waals surface area contributed by atoms with E-state index in [1.807, 2.05) is 0 Å². The number of benzene rings is 1. The van der Waals surface area contributed by atoms with Crippen LogP contribution in [0.25, 0.3) is 0 Å². The Labute approximate surface area is 99.8 Å². The number of ether oxygens (including phenoxy) is 1. The molecular weight excluding hydrogens is 215 g/mol. The molecule has 1 fully saturated rings. The summed E-state index contributed by atoms with van der Waals surface area (Å²) >= 11 is 0. The van der Waals surface area contributed by atoms with Gasteiger partial charge in [-0.3, -0.25) is 0 Å². The summed E-state index contributed by atoms with van der Waals surface area (Å²) in [4.78, 5) is 0. The van der Waals surface area contributed by atoms with Crippen LogP contribution in [0.1, 0.15) is 38.3 Å². The Bertz CT molecular complexity index is 447. The van der Waals surface area contributed by atoms with Crippen molar-refractivity contribution in [1.82, 2.24) is 0 Å². The van der Waals surface area contributed by atoms with Gasteiger partial charge in [0, 0.05) is 17.6 Å². The molecule has 0 saturated heterocycles. The van der Waals surface area contributed by atoms with Crippen LogP contribution < -0.4 is 4.74 Å². The minimum absolute atomic E-state index is 0.133. The van der Waals surface area contributed by atoms with Crippen molar-refractivity contribution in [2.24, 2.45) is 0 Å². The van der Waals surface area contributed by atoms with Crippen LogP contribution in [0.4, 0.5) is 0 Å². The first-order chi connectivity index (χ1) is 7.42. The lowest BCUT2D eigenvalue weighted by atomic mass is 9.82. The summed E-state index contributed by atoms with van der Waals surface area (Å²) in [5.41, 5.74) is 3.89. The molecule has 86 valence electrons. The first kappa shape index (κ1) is 10.6. The highest BCUT2D eigenvalue weighted by atomic mass is 31.0. The van der Waals surface area contributed by atoms with Crippen molar-refractivity contribution in [2.75, 3.05) is 0 Å². The smallest absolute Gasteiger partial charge is 0.123 e. The molecule has 0 aromatic heterocycles. The maximum absolute atomic E-state index is 6.13. The monoisotopic (exact) mass is 234 g/mol. The van der Waals surface area contributed by atoms with Crippen molar-refractivity contribution in [2.45, 2.75) is 50.3 Å². The second kappa shape index (κ2) is 3.01. The molecule has 1 nitrogen and oxygen atoms in total. The fourth-order valence-corrected chi connectivity index (χ4v) is 3.32. The van der Waals surface area contributed by atoms with Crippen LogP contribution in [0.2, 0.25) is 0 Å². The molecule has 3 unspecified atom stereocenters. The van der Waals surface area contributed by atoms with Gasteiger partial charge in [-0.05, 0) is 23.5 Å². The SMILES string of the molecule is CC(C)(C)c1cccc2c1CC1(CC1P)O2. The molecule has 2 heteroatoms. The molecule has 0 bridgehead atoms. The largest absolute Gasteiger partial charge is 0.486 e. The molecule has 3 atom stereocenters. The van der Waals surface area contributed by atoms with Gasteiger partial charge in [-0.25, -0.2) is 0 Å². The predicted molar refractivity (Wildman–Crippen MR) is 70.3 cm³/mol. The second-order valence-corrected chi connectivity index (χ2v) is 6.99. The maximum Gasteiger partial charge on any atom is 0.123 e. The lowest BCUT2D eigenvalue weighted by Gasteiger charge is -2.21.